The second-order valence-electron chi connectivity index (χ2n) is 3.69. The first-order chi connectivity index (χ1) is 9.20. The van der Waals surface area contributed by atoms with Crippen LogP contribution in [0.2, 0.25) is 0 Å². The van der Waals surface area contributed by atoms with Crippen molar-refractivity contribution in [3.8, 4) is 6.07 Å². The number of aromatic nitrogens is 3. The van der Waals surface area contributed by atoms with E-state index in [9.17, 15) is 10.1 Å². The lowest BCUT2D eigenvalue weighted by Gasteiger charge is -2.06. The lowest BCUT2D eigenvalue weighted by Crippen LogP contribution is -2.11. The van der Waals surface area contributed by atoms with E-state index in [0.717, 1.165) is 0 Å². The number of nitrogens with zero attached hydrogens (tertiary/aromatic N) is 5. The lowest BCUT2D eigenvalue weighted by atomic mass is 10.3. The molecule has 0 unspecified atom stereocenters. The highest BCUT2D eigenvalue weighted by Crippen LogP contribution is 2.22. The molecular weight excluding hydrogens is 248 g/mol. The molecule has 0 aliphatic rings. The average Bonchev–Trinajstić information content (AvgIpc) is 2.92. The second kappa shape index (κ2) is 5.59. The minimum Gasteiger partial charge on any atom is -0.363 e. The van der Waals surface area contributed by atoms with E-state index < -0.39 is 4.92 Å². The summed E-state index contributed by atoms with van der Waals surface area (Å²) in [7, 11) is 0. The topological polar surface area (TPSA) is 110 Å². The van der Waals surface area contributed by atoms with Gasteiger partial charge in [0.2, 0.25) is 5.82 Å². The molecule has 0 fully saturated rings. The van der Waals surface area contributed by atoms with Crippen molar-refractivity contribution in [2.24, 2.45) is 0 Å². The lowest BCUT2D eigenvalue weighted by molar-refractivity contribution is -0.384. The molecule has 2 heterocycles. The first kappa shape index (κ1) is 12.5. The molecule has 2 aromatic heterocycles. The van der Waals surface area contributed by atoms with Gasteiger partial charge in [-0.1, -0.05) is 0 Å². The van der Waals surface area contributed by atoms with Gasteiger partial charge in [0.1, 0.15) is 6.07 Å². The average molecular weight is 258 g/mol. The standard InChI is InChI=1S/C11H10N6O2/c12-6-9-5-10(17(18)19)11(15-7-9)14-2-4-16-3-1-13-8-16/h1,3,5,7-8H,2,4H2,(H,14,15). The van der Waals surface area contributed by atoms with Crippen molar-refractivity contribution >= 4 is 11.5 Å². The Bertz CT molecular complexity index is 617. The summed E-state index contributed by atoms with van der Waals surface area (Å²) in [6.07, 6.45) is 6.40. The van der Waals surface area contributed by atoms with Crippen LogP contribution in [0.25, 0.3) is 0 Å². The maximum atomic E-state index is 10.9. The summed E-state index contributed by atoms with van der Waals surface area (Å²) in [5.74, 6) is 0.157. The van der Waals surface area contributed by atoms with Crippen LogP contribution in [-0.4, -0.2) is 26.0 Å². The zero-order chi connectivity index (χ0) is 13.7. The summed E-state index contributed by atoms with van der Waals surface area (Å²) in [6.45, 7) is 1.08. The number of hydrogen-bond acceptors (Lipinski definition) is 6. The van der Waals surface area contributed by atoms with Crippen LogP contribution in [0.5, 0.6) is 0 Å². The van der Waals surface area contributed by atoms with Crippen LogP contribution in [0.3, 0.4) is 0 Å². The van der Waals surface area contributed by atoms with E-state index in [1.807, 2.05) is 10.6 Å². The Kier molecular flexibility index (Phi) is 3.68. The van der Waals surface area contributed by atoms with Gasteiger partial charge in [0.25, 0.3) is 0 Å². The first-order valence-electron chi connectivity index (χ1n) is 5.45. The van der Waals surface area contributed by atoms with Gasteiger partial charge in [-0.05, 0) is 0 Å². The fourth-order valence-corrected chi connectivity index (χ4v) is 1.51. The van der Waals surface area contributed by atoms with Crippen molar-refractivity contribution in [2.75, 3.05) is 11.9 Å². The number of anilines is 1. The molecule has 0 aliphatic carbocycles. The summed E-state index contributed by atoms with van der Waals surface area (Å²) in [4.78, 5) is 18.1. The molecule has 0 amide bonds. The molecule has 0 spiro atoms. The Balaban J connectivity index is 2.07. The van der Waals surface area contributed by atoms with Gasteiger partial charge in [-0.15, -0.1) is 0 Å². The van der Waals surface area contributed by atoms with Crippen LogP contribution in [-0.2, 0) is 6.54 Å². The SMILES string of the molecule is N#Cc1cnc(NCCn2ccnc2)c([N+](=O)[O-])c1. The number of pyridine rings is 1. The molecule has 0 aliphatic heterocycles. The maximum Gasteiger partial charge on any atom is 0.312 e. The third-order valence-corrected chi connectivity index (χ3v) is 2.42. The summed E-state index contributed by atoms with van der Waals surface area (Å²) in [5.41, 5.74) is -0.0449. The number of rotatable bonds is 5. The Hall–Kier alpha value is -2.95. The molecule has 19 heavy (non-hydrogen) atoms. The fourth-order valence-electron chi connectivity index (χ4n) is 1.51. The van der Waals surface area contributed by atoms with Crippen molar-refractivity contribution in [2.45, 2.75) is 6.54 Å². The third kappa shape index (κ3) is 3.04. The first-order valence-corrected chi connectivity index (χ1v) is 5.45. The zero-order valence-electron chi connectivity index (χ0n) is 9.85. The normalized spacial score (nSPS) is 9.84. The van der Waals surface area contributed by atoms with Crippen LogP contribution in [0.15, 0.2) is 31.0 Å². The smallest absolute Gasteiger partial charge is 0.312 e. The number of imidazole rings is 1. The van der Waals surface area contributed by atoms with E-state index in [4.69, 9.17) is 5.26 Å². The van der Waals surface area contributed by atoms with Gasteiger partial charge in [0, 0.05) is 37.7 Å². The van der Waals surface area contributed by atoms with Crippen LogP contribution in [0, 0.1) is 21.4 Å². The Morgan fingerprint density at radius 2 is 2.42 bits per heavy atom. The van der Waals surface area contributed by atoms with Gasteiger partial charge in [0.05, 0.1) is 16.8 Å². The van der Waals surface area contributed by atoms with E-state index >= 15 is 0 Å². The summed E-state index contributed by atoms with van der Waals surface area (Å²) < 4.78 is 1.84. The van der Waals surface area contributed by atoms with Crippen LogP contribution in [0.1, 0.15) is 5.56 Å². The Morgan fingerprint density at radius 1 is 1.58 bits per heavy atom. The Labute approximate surface area is 108 Å². The van der Waals surface area contributed by atoms with Crippen LogP contribution < -0.4 is 5.32 Å². The van der Waals surface area contributed by atoms with Crippen molar-refractivity contribution in [3.05, 3.63) is 46.7 Å². The predicted molar refractivity (Wildman–Crippen MR) is 66.3 cm³/mol. The van der Waals surface area contributed by atoms with E-state index in [-0.39, 0.29) is 17.1 Å². The highest BCUT2D eigenvalue weighted by Gasteiger charge is 2.15. The largest absolute Gasteiger partial charge is 0.363 e. The molecule has 2 rings (SSSR count). The molecule has 0 aromatic carbocycles. The summed E-state index contributed by atoms with van der Waals surface area (Å²) >= 11 is 0. The third-order valence-electron chi connectivity index (χ3n) is 2.42. The highest BCUT2D eigenvalue weighted by molar-refractivity contribution is 5.58. The minimum absolute atomic E-state index is 0.157. The van der Waals surface area contributed by atoms with Gasteiger partial charge in [-0.2, -0.15) is 5.26 Å². The van der Waals surface area contributed by atoms with Gasteiger partial charge in [-0.3, -0.25) is 10.1 Å². The second-order valence-corrected chi connectivity index (χ2v) is 3.69. The van der Waals surface area contributed by atoms with Gasteiger partial charge >= 0.3 is 5.69 Å². The molecular formula is C11H10N6O2. The highest BCUT2D eigenvalue weighted by atomic mass is 16.6. The number of hydrogen-bond donors (Lipinski definition) is 1. The molecule has 0 radical (unpaired) electrons. The quantitative estimate of drug-likeness (QED) is 0.636. The molecule has 8 nitrogen and oxygen atoms in total. The van der Waals surface area contributed by atoms with Gasteiger partial charge in [-0.25, -0.2) is 9.97 Å². The van der Waals surface area contributed by atoms with Crippen molar-refractivity contribution in [1.29, 1.82) is 5.26 Å². The summed E-state index contributed by atoms with van der Waals surface area (Å²) in [6, 6.07) is 3.02. The maximum absolute atomic E-state index is 10.9. The van der Waals surface area contributed by atoms with E-state index in [1.165, 1.54) is 12.3 Å². The van der Waals surface area contributed by atoms with Crippen LogP contribution in [0.4, 0.5) is 11.5 Å². The zero-order valence-corrected chi connectivity index (χ0v) is 9.85. The number of nitriles is 1. The number of nitro groups is 1. The van der Waals surface area contributed by atoms with E-state index in [0.29, 0.717) is 13.1 Å². The predicted octanol–water partition coefficient (Wildman–Crippen LogP) is 1.17. The molecule has 1 N–H and O–H groups in total. The fraction of sp³-hybridized carbons (Fsp3) is 0.182. The van der Waals surface area contributed by atoms with Crippen molar-refractivity contribution in [3.63, 3.8) is 0 Å². The van der Waals surface area contributed by atoms with Crippen molar-refractivity contribution < 1.29 is 4.92 Å². The molecule has 0 saturated heterocycles. The molecule has 0 atom stereocenters. The Morgan fingerprint density at radius 3 is 3.05 bits per heavy atom. The molecule has 2 aromatic rings. The van der Waals surface area contributed by atoms with Gasteiger partial charge < -0.3 is 9.88 Å². The van der Waals surface area contributed by atoms with E-state index in [2.05, 4.69) is 15.3 Å². The summed E-state index contributed by atoms with van der Waals surface area (Å²) in [5, 5.41) is 22.4. The molecule has 0 saturated carbocycles. The van der Waals surface area contributed by atoms with Crippen molar-refractivity contribution in [1.82, 2.24) is 14.5 Å². The minimum atomic E-state index is -0.562. The van der Waals surface area contributed by atoms with Crippen LogP contribution >= 0.6 is 0 Å². The monoisotopic (exact) mass is 258 g/mol. The molecule has 96 valence electrons. The molecule has 8 heteroatoms. The van der Waals surface area contributed by atoms with E-state index in [1.54, 1.807) is 18.7 Å². The molecule has 0 bridgehead atoms. The van der Waals surface area contributed by atoms with Gasteiger partial charge in [0.15, 0.2) is 0 Å². The number of nitrogens with one attached hydrogen (secondary N) is 1.